The maximum absolute atomic E-state index is 12.4. The van der Waals surface area contributed by atoms with E-state index in [4.69, 9.17) is 14.2 Å². The Bertz CT molecular complexity index is 838. The molecule has 26 heavy (non-hydrogen) atoms. The van der Waals surface area contributed by atoms with Gasteiger partial charge in [0.05, 0.1) is 19.0 Å². The van der Waals surface area contributed by atoms with E-state index in [0.29, 0.717) is 18.2 Å². The Morgan fingerprint density at radius 2 is 2.19 bits per heavy atom. The van der Waals surface area contributed by atoms with Gasteiger partial charge in [-0.2, -0.15) is 0 Å². The predicted octanol–water partition coefficient (Wildman–Crippen LogP) is 3.39. The minimum atomic E-state index is -0.529. The standard InChI is InChI=1S/C20H24N2O4/c1-4-22-16(19(23)24-3)11-15-18(22)14-5-8-21-12-17(14)26-20(15,2)13-6-9-25-10-7-13/h5,8,11-13H,4,6-7,9-10H2,1-3H3. The molecule has 0 spiro atoms. The third-order valence-corrected chi connectivity index (χ3v) is 5.70. The quantitative estimate of drug-likeness (QED) is 0.789. The molecule has 1 unspecified atom stereocenters. The number of aromatic nitrogens is 2. The lowest BCUT2D eigenvalue weighted by molar-refractivity contribution is -0.0420. The largest absolute Gasteiger partial charge is 0.480 e. The summed E-state index contributed by atoms with van der Waals surface area (Å²) in [4.78, 5) is 16.6. The number of fused-ring (bicyclic) bond motifs is 3. The molecule has 4 heterocycles. The summed E-state index contributed by atoms with van der Waals surface area (Å²) in [5.41, 5.74) is 3.08. The molecule has 0 saturated carbocycles. The van der Waals surface area contributed by atoms with Crippen LogP contribution in [0.4, 0.5) is 0 Å². The Labute approximate surface area is 153 Å². The number of hydrogen-bond donors (Lipinski definition) is 0. The summed E-state index contributed by atoms with van der Waals surface area (Å²) >= 11 is 0. The molecule has 138 valence electrons. The van der Waals surface area contributed by atoms with Gasteiger partial charge >= 0.3 is 5.97 Å². The van der Waals surface area contributed by atoms with E-state index in [9.17, 15) is 4.79 Å². The van der Waals surface area contributed by atoms with Crippen LogP contribution in [0, 0.1) is 5.92 Å². The maximum Gasteiger partial charge on any atom is 0.354 e. The van der Waals surface area contributed by atoms with Gasteiger partial charge in [-0.15, -0.1) is 0 Å². The van der Waals surface area contributed by atoms with Gasteiger partial charge in [-0.05, 0) is 38.8 Å². The fraction of sp³-hybridized carbons (Fsp3) is 0.500. The highest BCUT2D eigenvalue weighted by atomic mass is 16.5. The van der Waals surface area contributed by atoms with Gasteiger partial charge in [0, 0.05) is 43.0 Å². The average Bonchev–Trinajstić information content (AvgIpc) is 3.09. The third-order valence-electron chi connectivity index (χ3n) is 5.70. The molecule has 2 aliphatic heterocycles. The van der Waals surface area contributed by atoms with E-state index in [1.165, 1.54) is 7.11 Å². The molecular formula is C20H24N2O4. The van der Waals surface area contributed by atoms with Crippen molar-refractivity contribution in [1.29, 1.82) is 0 Å². The second kappa shape index (κ2) is 6.43. The summed E-state index contributed by atoms with van der Waals surface area (Å²) < 4.78 is 19.1. The molecular weight excluding hydrogens is 332 g/mol. The summed E-state index contributed by atoms with van der Waals surface area (Å²) in [5.74, 6) is 0.742. The Morgan fingerprint density at radius 1 is 1.42 bits per heavy atom. The Hall–Kier alpha value is -2.34. The zero-order valence-corrected chi connectivity index (χ0v) is 15.4. The van der Waals surface area contributed by atoms with Crippen molar-refractivity contribution in [1.82, 2.24) is 9.55 Å². The molecule has 1 saturated heterocycles. The SMILES string of the molecule is CCn1c(C(=O)OC)cc2c1-c1ccncc1OC2(C)C1CCOCC1. The molecule has 2 aliphatic rings. The van der Waals surface area contributed by atoms with Crippen LogP contribution in [0.3, 0.4) is 0 Å². The van der Waals surface area contributed by atoms with Crippen molar-refractivity contribution in [2.24, 2.45) is 5.92 Å². The van der Waals surface area contributed by atoms with Crippen LogP contribution in [0.25, 0.3) is 11.3 Å². The lowest BCUT2D eigenvalue weighted by atomic mass is 9.76. The first-order valence-corrected chi connectivity index (χ1v) is 9.13. The van der Waals surface area contributed by atoms with Crippen molar-refractivity contribution < 1.29 is 19.0 Å². The molecule has 4 rings (SSSR count). The topological polar surface area (TPSA) is 62.6 Å². The number of methoxy groups -OCH3 is 1. The molecule has 0 aliphatic carbocycles. The van der Waals surface area contributed by atoms with E-state index in [0.717, 1.165) is 48.6 Å². The molecule has 6 heteroatoms. The van der Waals surface area contributed by atoms with Crippen LogP contribution in [0.1, 0.15) is 42.7 Å². The van der Waals surface area contributed by atoms with E-state index < -0.39 is 5.60 Å². The number of hydrogen-bond acceptors (Lipinski definition) is 5. The van der Waals surface area contributed by atoms with E-state index >= 15 is 0 Å². The molecule has 0 N–H and O–H groups in total. The van der Waals surface area contributed by atoms with Crippen LogP contribution in [0.15, 0.2) is 24.5 Å². The second-order valence-corrected chi connectivity index (χ2v) is 7.00. The van der Waals surface area contributed by atoms with Gasteiger partial charge in [-0.25, -0.2) is 4.79 Å². The van der Waals surface area contributed by atoms with E-state index in [-0.39, 0.29) is 5.97 Å². The highest BCUT2D eigenvalue weighted by molar-refractivity contribution is 5.91. The predicted molar refractivity (Wildman–Crippen MR) is 96.2 cm³/mol. The highest BCUT2D eigenvalue weighted by Crippen LogP contribution is 2.51. The maximum atomic E-state index is 12.4. The van der Waals surface area contributed by atoms with E-state index in [1.807, 2.05) is 23.6 Å². The lowest BCUT2D eigenvalue weighted by Crippen LogP contribution is -2.43. The normalized spacial score (nSPS) is 22.3. The summed E-state index contributed by atoms with van der Waals surface area (Å²) in [6.07, 6.45) is 5.38. The van der Waals surface area contributed by atoms with Crippen molar-refractivity contribution in [3.8, 4) is 17.0 Å². The lowest BCUT2D eigenvalue weighted by Gasteiger charge is -2.43. The number of rotatable bonds is 3. The number of ether oxygens (including phenoxy) is 3. The first kappa shape index (κ1) is 17.1. The minimum Gasteiger partial charge on any atom is -0.480 e. The van der Waals surface area contributed by atoms with Crippen LogP contribution < -0.4 is 4.74 Å². The van der Waals surface area contributed by atoms with Gasteiger partial charge in [-0.1, -0.05) is 0 Å². The molecule has 2 aromatic heterocycles. The summed E-state index contributed by atoms with van der Waals surface area (Å²) in [7, 11) is 1.42. The average molecular weight is 356 g/mol. The second-order valence-electron chi connectivity index (χ2n) is 7.00. The Balaban J connectivity index is 1.95. The fourth-order valence-electron chi connectivity index (χ4n) is 4.31. The molecule has 6 nitrogen and oxygen atoms in total. The summed E-state index contributed by atoms with van der Waals surface area (Å²) in [6.45, 7) is 6.30. The van der Waals surface area contributed by atoms with Crippen molar-refractivity contribution in [2.45, 2.75) is 38.8 Å². The van der Waals surface area contributed by atoms with Gasteiger partial charge < -0.3 is 18.8 Å². The van der Waals surface area contributed by atoms with Crippen LogP contribution in [0.5, 0.6) is 5.75 Å². The highest BCUT2D eigenvalue weighted by Gasteiger charge is 2.46. The van der Waals surface area contributed by atoms with Gasteiger partial charge in [0.2, 0.25) is 0 Å². The summed E-state index contributed by atoms with van der Waals surface area (Å²) in [6, 6.07) is 3.90. The van der Waals surface area contributed by atoms with Crippen molar-refractivity contribution >= 4 is 5.97 Å². The monoisotopic (exact) mass is 356 g/mol. The van der Waals surface area contributed by atoms with Gasteiger partial charge in [0.1, 0.15) is 17.0 Å². The first-order chi connectivity index (χ1) is 12.6. The van der Waals surface area contributed by atoms with E-state index in [1.54, 1.807) is 12.4 Å². The third kappa shape index (κ3) is 2.43. The van der Waals surface area contributed by atoms with Crippen LogP contribution in [-0.2, 0) is 21.6 Å². The van der Waals surface area contributed by atoms with Crippen molar-refractivity contribution in [2.75, 3.05) is 20.3 Å². The number of carbonyl (C=O) groups is 1. The zero-order valence-electron chi connectivity index (χ0n) is 15.4. The number of carbonyl (C=O) groups excluding carboxylic acids is 1. The molecule has 1 fully saturated rings. The van der Waals surface area contributed by atoms with Gasteiger partial charge in [0.15, 0.2) is 0 Å². The van der Waals surface area contributed by atoms with Crippen LogP contribution >= 0.6 is 0 Å². The number of nitrogens with zero attached hydrogens (tertiary/aromatic N) is 2. The Morgan fingerprint density at radius 3 is 2.88 bits per heavy atom. The first-order valence-electron chi connectivity index (χ1n) is 9.13. The number of esters is 1. The van der Waals surface area contributed by atoms with Gasteiger partial charge in [0.25, 0.3) is 0 Å². The molecule has 2 aromatic rings. The molecule has 0 aromatic carbocycles. The molecule has 0 amide bonds. The molecule has 0 bridgehead atoms. The van der Waals surface area contributed by atoms with Gasteiger partial charge in [-0.3, -0.25) is 4.98 Å². The summed E-state index contributed by atoms with van der Waals surface area (Å²) in [5, 5.41) is 0. The fourth-order valence-corrected chi connectivity index (χ4v) is 4.31. The minimum absolute atomic E-state index is 0.307. The zero-order chi connectivity index (χ0) is 18.3. The Kier molecular flexibility index (Phi) is 4.23. The van der Waals surface area contributed by atoms with Crippen LogP contribution in [-0.4, -0.2) is 35.8 Å². The smallest absolute Gasteiger partial charge is 0.354 e. The van der Waals surface area contributed by atoms with Crippen molar-refractivity contribution in [3.05, 3.63) is 35.8 Å². The van der Waals surface area contributed by atoms with E-state index in [2.05, 4.69) is 11.9 Å². The number of pyridine rings is 1. The van der Waals surface area contributed by atoms with Crippen molar-refractivity contribution in [3.63, 3.8) is 0 Å². The van der Waals surface area contributed by atoms with Crippen LogP contribution in [0.2, 0.25) is 0 Å². The molecule has 0 radical (unpaired) electrons. The molecule has 1 atom stereocenters.